The molecule has 7 nitrogen and oxygen atoms in total. The summed E-state index contributed by atoms with van der Waals surface area (Å²) in [5, 5.41) is 11.7. The van der Waals surface area contributed by atoms with Crippen molar-refractivity contribution in [1.82, 2.24) is 4.90 Å². The predicted octanol–water partition coefficient (Wildman–Crippen LogP) is 1.93. The number of anilines is 1. The van der Waals surface area contributed by atoms with Crippen LogP contribution >= 0.6 is 0 Å². The number of carbonyl (C=O) groups excluding carboxylic acids is 1. The highest BCUT2D eigenvalue weighted by molar-refractivity contribution is 5.97. The van der Waals surface area contributed by atoms with E-state index < -0.39 is 12.2 Å². The summed E-state index contributed by atoms with van der Waals surface area (Å²) in [6, 6.07) is 5.31. The van der Waals surface area contributed by atoms with Gasteiger partial charge in [0.2, 0.25) is 0 Å². The zero-order valence-corrected chi connectivity index (χ0v) is 12.2. The summed E-state index contributed by atoms with van der Waals surface area (Å²) in [4.78, 5) is 23.9. The molecule has 2 aliphatic heterocycles. The van der Waals surface area contributed by atoms with Gasteiger partial charge >= 0.3 is 6.09 Å². The Morgan fingerprint density at radius 2 is 2.14 bits per heavy atom. The van der Waals surface area contributed by atoms with Gasteiger partial charge in [-0.05, 0) is 19.1 Å². The van der Waals surface area contributed by atoms with Gasteiger partial charge < -0.3 is 24.8 Å². The molecule has 1 saturated heterocycles. The molecule has 2 amide bonds. The van der Waals surface area contributed by atoms with Crippen LogP contribution in [-0.2, 0) is 4.79 Å². The summed E-state index contributed by atoms with van der Waals surface area (Å²) in [5.74, 6) is 1.09. The molecule has 7 heteroatoms. The van der Waals surface area contributed by atoms with Crippen molar-refractivity contribution >= 4 is 17.7 Å². The number of benzene rings is 1. The van der Waals surface area contributed by atoms with Gasteiger partial charge in [-0.1, -0.05) is 0 Å². The molecule has 0 radical (unpaired) electrons. The van der Waals surface area contributed by atoms with Gasteiger partial charge in [-0.25, -0.2) is 4.79 Å². The van der Waals surface area contributed by atoms with E-state index in [1.807, 2.05) is 0 Å². The molecule has 0 bridgehead atoms. The second-order valence-corrected chi connectivity index (χ2v) is 5.49. The summed E-state index contributed by atoms with van der Waals surface area (Å²) >= 11 is 0. The third-order valence-electron chi connectivity index (χ3n) is 3.90. The molecule has 0 aliphatic carbocycles. The third kappa shape index (κ3) is 2.93. The van der Waals surface area contributed by atoms with Crippen LogP contribution in [0.4, 0.5) is 10.5 Å². The maximum absolute atomic E-state index is 11.6. The Morgan fingerprint density at radius 1 is 1.41 bits per heavy atom. The van der Waals surface area contributed by atoms with E-state index in [9.17, 15) is 9.59 Å². The molecule has 22 heavy (non-hydrogen) atoms. The van der Waals surface area contributed by atoms with Crippen LogP contribution in [0.1, 0.15) is 19.8 Å². The van der Waals surface area contributed by atoms with E-state index in [1.54, 1.807) is 25.1 Å². The first-order chi connectivity index (χ1) is 10.5. The number of carboxylic acid groups (broad SMARTS) is 1. The van der Waals surface area contributed by atoms with Crippen LogP contribution in [0.15, 0.2) is 18.2 Å². The van der Waals surface area contributed by atoms with Crippen molar-refractivity contribution < 1.29 is 24.2 Å². The van der Waals surface area contributed by atoms with E-state index in [2.05, 4.69) is 5.32 Å². The average molecular weight is 306 g/mol. The zero-order valence-electron chi connectivity index (χ0n) is 12.2. The SMILES string of the molecule is CC1Oc2ccc(OC3CCN(C(=O)O)CC3)cc2NC1=O. The molecule has 2 heterocycles. The summed E-state index contributed by atoms with van der Waals surface area (Å²) in [6.07, 6.45) is -0.0966. The van der Waals surface area contributed by atoms with Gasteiger partial charge in [0, 0.05) is 32.0 Å². The van der Waals surface area contributed by atoms with E-state index in [-0.39, 0.29) is 12.0 Å². The summed E-state index contributed by atoms with van der Waals surface area (Å²) in [6.45, 7) is 2.64. The van der Waals surface area contributed by atoms with Crippen LogP contribution in [-0.4, -0.2) is 47.3 Å². The lowest BCUT2D eigenvalue weighted by molar-refractivity contribution is -0.122. The number of hydrogen-bond acceptors (Lipinski definition) is 4. The minimum atomic E-state index is -0.888. The predicted molar refractivity (Wildman–Crippen MR) is 78.4 cm³/mol. The van der Waals surface area contributed by atoms with Crippen LogP contribution in [0.3, 0.4) is 0 Å². The number of carbonyl (C=O) groups is 2. The van der Waals surface area contributed by atoms with Gasteiger partial charge in [-0.2, -0.15) is 0 Å². The summed E-state index contributed by atoms with van der Waals surface area (Å²) in [5.41, 5.74) is 0.601. The molecular formula is C15H18N2O5. The summed E-state index contributed by atoms with van der Waals surface area (Å²) in [7, 11) is 0. The fraction of sp³-hybridized carbons (Fsp3) is 0.467. The van der Waals surface area contributed by atoms with E-state index in [0.29, 0.717) is 43.1 Å². The molecule has 0 spiro atoms. The summed E-state index contributed by atoms with van der Waals surface area (Å²) < 4.78 is 11.4. The van der Waals surface area contributed by atoms with Gasteiger partial charge in [0.25, 0.3) is 5.91 Å². The molecule has 1 aromatic rings. The van der Waals surface area contributed by atoms with E-state index in [4.69, 9.17) is 14.6 Å². The fourth-order valence-corrected chi connectivity index (χ4v) is 2.62. The van der Waals surface area contributed by atoms with Crippen LogP contribution in [0, 0.1) is 0 Å². The number of hydrogen-bond donors (Lipinski definition) is 2. The van der Waals surface area contributed by atoms with Crippen LogP contribution < -0.4 is 14.8 Å². The van der Waals surface area contributed by atoms with Crippen molar-refractivity contribution in [3.05, 3.63) is 18.2 Å². The normalized spacial score (nSPS) is 21.6. The quantitative estimate of drug-likeness (QED) is 0.871. The molecular weight excluding hydrogens is 288 g/mol. The number of nitrogens with zero attached hydrogens (tertiary/aromatic N) is 1. The Hall–Kier alpha value is -2.44. The Balaban J connectivity index is 1.64. The number of rotatable bonds is 2. The number of fused-ring (bicyclic) bond motifs is 1. The first-order valence-corrected chi connectivity index (χ1v) is 7.29. The van der Waals surface area contributed by atoms with Gasteiger partial charge in [-0.3, -0.25) is 4.79 Å². The Morgan fingerprint density at radius 3 is 2.82 bits per heavy atom. The number of piperidine rings is 1. The first kappa shape index (κ1) is 14.5. The highest BCUT2D eigenvalue weighted by atomic mass is 16.5. The smallest absolute Gasteiger partial charge is 0.407 e. The lowest BCUT2D eigenvalue weighted by Gasteiger charge is -2.30. The monoisotopic (exact) mass is 306 g/mol. The molecule has 2 aliphatic rings. The lowest BCUT2D eigenvalue weighted by Crippen LogP contribution is -2.41. The van der Waals surface area contributed by atoms with Gasteiger partial charge in [0.15, 0.2) is 6.10 Å². The first-order valence-electron chi connectivity index (χ1n) is 7.29. The molecule has 1 aromatic carbocycles. The minimum Gasteiger partial charge on any atom is -0.490 e. The molecule has 0 saturated carbocycles. The molecule has 1 fully saturated rings. The largest absolute Gasteiger partial charge is 0.490 e. The van der Waals surface area contributed by atoms with Crippen molar-refractivity contribution in [1.29, 1.82) is 0 Å². The number of likely N-dealkylation sites (tertiary alicyclic amines) is 1. The van der Waals surface area contributed by atoms with Gasteiger partial charge in [0.05, 0.1) is 5.69 Å². The molecule has 1 unspecified atom stereocenters. The van der Waals surface area contributed by atoms with Crippen molar-refractivity contribution in [2.24, 2.45) is 0 Å². The van der Waals surface area contributed by atoms with E-state index in [0.717, 1.165) is 0 Å². The van der Waals surface area contributed by atoms with Crippen LogP contribution in [0.2, 0.25) is 0 Å². The van der Waals surface area contributed by atoms with Gasteiger partial charge in [-0.15, -0.1) is 0 Å². The average Bonchev–Trinajstić information content (AvgIpc) is 2.49. The van der Waals surface area contributed by atoms with E-state index in [1.165, 1.54) is 4.90 Å². The maximum atomic E-state index is 11.6. The second kappa shape index (κ2) is 5.75. The van der Waals surface area contributed by atoms with Crippen molar-refractivity contribution in [2.75, 3.05) is 18.4 Å². The third-order valence-corrected chi connectivity index (χ3v) is 3.90. The van der Waals surface area contributed by atoms with Crippen molar-refractivity contribution in [3.8, 4) is 11.5 Å². The topological polar surface area (TPSA) is 88.1 Å². The van der Waals surface area contributed by atoms with E-state index >= 15 is 0 Å². The highest BCUT2D eigenvalue weighted by Crippen LogP contribution is 2.33. The number of nitrogens with one attached hydrogen (secondary N) is 1. The number of amides is 2. The number of ether oxygens (including phenoxy) is 2. The van der Waals surface area contributed by atoms with Gasteiger partial charge in [0.1, 0.15) is 17.6 Å². The second-order valence-electron chi connectivity index (χ2n) is 5.49. The minimum absolute atomic E-state index is 0.0206. The van der Waals surface area contributed by atoms with Crippen LogP contribution in [0.25, 0.3) is 0 Å². The Kier molecular flexibility index (Phi) is 3.79. The van der Waals surface area contributed by atoms with Crippen LogP contribution in [0.5, 0.6) is 11.5 Å². The van der Waals surface area contributed by atoms with Crippen molar-refractivity contribution in [2.45, 2.75) is 32.0 Å². The molecule has 2 N–H and O–H groups in total. The standard InChI is InChI=1S/C15H18N2O5/c1-9-14(18)16-12-8-11(2-3-13(12)21-9)22-10-4-6-17(7-5-10)15(19)20/h2-3,8-10H,4-7H2,1H3,(H,16,18)(H,19,20). The zero-order chi connectivity index (χ0) is 15.7. The maximum Gasteiger partial charge on any atom is 0.407 e. The molecule has 1 atom stereocenters. The molecule has 0 aromatic heterocycles. The molecule has 3 rings (SSSR count). The van der Waals surface area contributed by atoms with Crippen molar-refractivity contribution in [3.63, 3.8) is 0 Å². The fourth-order valence-electron chi connectivity index (χ4n) is 2.62. The molecule has 118 valence electrons. The highest BCUT2D eigenvalue weighted by Gasteiger charge is 2.26. The Labute approximate surface area is 127 Å². The lowest BCUT2D eigenvalue weighted by atomic mass is 10.1. The Bertz CT molecular complexity index is 596.